The van der Waals surface area contributed by atoms with Crippen molar-refractivity contribution in [1.29, 1.82) is 0 Å². The molecule has 1 aromatic rings. The Kier molecular flexibility index (Phi) is 3.23. The number of hydrogen-bond acceptors (Lipinski definition) is 1. The van der Waals surface area contributed by atoms with E-state index in [0.717, 1.165) is 10.0 Å². The van der Waals surface area contributed by atoms with Crippen LogP contribution in [0.1, 0.15) is 5.56 Å². The van der Waals surface area contributed by atoms with E-state index in [1.54, 1.807) is 0 Å². The Balaban J connectivity index is 2.79. The molecule has 0 radical (unpaired) electrons. The van der Waals surface area contributed by atoms with Gasteiger partial charge < -0.3 is 4.55 Å². The maximum atomic E-state index is 10.4. The minimum absolute atomic E-state index is 0.194. The molecule has 0 saturated heterocycles. The molecule has 4 heteroatoms. The fraction of sp³-hybridized carbons (Fsp3) is 0.143. The first kappa shape index (κ1) is 8.90. The van der Waals surface area contributed by atoms with Gasteiger partial charge in [-0.2, -0.15) is 0 Å². The normalized spacial score (nSPS) is 12.9. The molecule has 1 N–H and O–H groups in total. The van der Waals surface area contributed by atoms with Crippen LogP contribution in [0.4, 0.5) is 0 Å². The Morgan fingerprint density at radius 2 is 2.27 bits per heavy atom. The van der Waals surface area contributed by atoms with Gasteiger partial charge in [0.1, 0.15) is 0 Å². The van der Waals surface area contributed by atoms with E-state index in [0.29, 0.717) is 0 Å². The Hall–Kier alpha value is -0.190. The van der Waals surface area contributed by atoms with Crippen LogP contribution in [0.5, 0.6) is 0 Å². The van der Waals surface area contributed by atoms with Crippen LogP contribution in [0.15, 0.2) is 28.7 Å². The third-order valence-electron chi connectivity index (χ3n) is 1.18. The summed E-state index contributed by atoms with van der Waals surface area (Å²) in [6.07, 6.45) is 0. The monoisotopic (exact) mass is 234 g/mol. The highest BCUT2D eigenvalue weighted by Gasteiger charge is 1.96. The molecule has 1 unspecified atom stereocenters. The molecule has 0 fully saturated rings. The SMILES string of the molecule is O=S(O)Cc1cccc(Br)c1. The van der Waals surface area contributed by atoms with E-state index in [1.165, 1.54) is 0 Å². The summed E-state index contributed by atoms with van der Waals surface area (Å²) < 4.78 is 19.9. The van der Waals surface area contributed by atoms with Crippen LogP contribution in [0.2, 0.25) is 0 Å². The van der Waals surface area contributed by atoms with E-state index >= 15 is 0 Å². The maximum absolute atomic E-state index is 10.4. The first-order valence-electron chi connectivity index (χ1n) is 3.00. The highest BCUT2D eigenvalue weighted by atomic mass is 79.9. The summed E-state index contributed by atoms with van der Waals surface area (Å²) in [5, 5.41) is 0. The minimum atomic E-state index is -1.75. The molecule has 60 valence electrons. The van der Waals surface area contributed by atoms with Crippen molar-refractivity contribution < 1.29 is 8.76 Å². The van der Waals surface area contributed by atoms with Gasteiger partial charge in [0.15, 0.2) is 11.1 Å². The first-order valence-corrected chi connectivity index (χ1v) is 5.07. The van der Waals surface area contributed by atoms with Crippen molar-refractivity contribution in [2.75, 3.05) is 0 Å². The molecule has 0 spiro atoms. The molecule has 0 aliphatic carbocycles. The van der Waals surface area contributed by atoms with Crippen molar-refractivity contribution in [2.24, 2.45) is 0 Å². The van der Waals surface area contributed by atoms with Gasteiger partial charge >= 0.3 is 0 Å². The van der Waals surface area contributed by atoms with Gasteiger partial charge in [0.2, 0.25) is 0 Å². The quantitative estimate of drug-likeness (QED) is 0.797. The van der Waals surface area contributed by atoms with E-state index in [-0.39, 0.29) is 5.75 Å². The van der Waals surface area contributed by atoms with Crippen LogP contribution >= 0.6 is 15.9 Å². The second-order valence-corrected chi connectivity index (χ2v) is 3.94. The molecular weight excluding hydrogens is 228 g/mol. The molecule has 1 rings (SSSR count). The zero-order valence-electron chi connectivity index (χ0n) is 5.66. The average molecular weight is 235 g/mol. The zero-order chi connectivity index (χ0) is 8.27. The lowest BCUT2D eigenvalue weighted by Crippen LogP contribution is -1.91. The van der Waals surface area contributed by atoms with Gasteiger partial charge in [-0.3, -0.25) is 0 Å². The lowest BCUT2D eigenvalue weighted by atomic mass is 10.2. The molecule has 0 heterocycles. The molecule has 0 bridgehead atoms. The summed E-state index contributed by atoms with van der Waals surface area (Å²) in [6.45, 7) is 0. The second-order valence-electron chi connectivity index (χ2n) is 2.10. The zero-order valence-corrected chi connectivity index (χ0v) is 8.06. The third kappa shape index (κ3) is 3.14. The van der Waals surface area contributed by atoms with Crippen LogP contribution in [-0.4, -0.2) is 8.76 Å². The first-order chi connectivity index (χ1) is 5.18. The highest BCUT2D eigenvalue weighted by molar-refractivity contribution is 9.10. The standard InChI is InChI=1S/C7H7BrO2S/c8-7-3-1-2-6(4-7)5-11(9)10/h1-4H,5H2,(H,9,10). The van der Waals surface area contributed by atoms with Crippen LogP contribution in [0.3, 0.4) is 0 Å². The van der Waals surface area contributed by atoms with E-state index < -0.39 is 11.1 Å². The topological polar surface area (TPSA) is 37.3 Å². The Morgan fingerprint density at radius 3 is 2.82 bits per heavy atom. The molecule has 1 atom stereocenters. The van der Waals surface area contributed by atoms with Gasteiger partial charge in [0.25, 0.3) is 0 Å². The number of rotatable bonds is 2. The van der Waals surface area contributed by atoms with Gasteiger partial charge in [0, 0.05) is 4.47 Å². The molecule has 0 aliphatic heterocycles. The fourth-order valence-electron chi connectivity index (χ4n) is 0.769. The molecule has 0 saturated carbocycles. The van der Waals surface area contributed by atoms with Crippen molar-refractivity contribution >= 4 is 27.0 Å². The molecule has 0 aromatic heterocycles. The molecule has 2 nitrogen and oxygen atoms in total. The summed E-state index contributed by atoms with van der Waals surface area (Å²) in [7, 11) is 0. The Bertz CT molecular complexity index is 275. The second kappa shape index (κ2) is 3.99. The third-order valence-corrected chi connectivity index (χ3v) is 2.25. The van der Waals surface area contributed by atoms with Gasteiger partial charge in [-0.05, 0) is 17.7 Å². The molecule has 11 heavy (non-hydrogen) atoms. The minimum Gasteiger partial charge on any atom is -0.306 e. The Labute approximate surface area is 76.0 Å². The highest BCUT2D eigenvalue weighted by Crippen LogP contribution is 2.12. The fourth-order valence-corrected chi connectivity index (χ4v) is 1.68. The van der Waals surface area contributed by atoms with Gasteiger partial charge in [-0.25, -0.2) is 4.21 Å². The Morgan fingerprint density at radius 1 is 1.55 bits per heavy atom. The van der Waals surface area contributed by atoms with Gasteiger partial charge in [0.05, 0.1) is 5.75 Å². The predicted molar refractivity (Wildman–Crippen MR) is 48.6 cm³/mol. The summed E-state index contributed by atoms with van der Waals surface area (Å²) in [5.74, 6) is 0.194. The van der Waals surface area contributed by atoms with Crippen molar-refractivity contribution in [3.05, 3.63) is 34.3 Å². The van der Waals surface area contributed by atoms with Crippen LogP contribution in [0.25, 0.3) is 0 Å². The average Bonchev–Trinajstić information content (AvgIpc) is 1.85. The van der Waals surface area contributed by atoms with Crippen LogP contribution in [0, 0.1) is 0 Å². The summed E-state index contributed by atoms with van der Waals surface area (Å²) in [6, 6.07) is 7.36. The van der Waals surface area contributed by atoms with E-state index in [9.17, 15) is 4.21 Å². The van der Waals surface area contributed by atoms with Crippen LogP contribution < -0.4 is 0 Å². The molecule has 0 aliphatic rings. The maximum Gasteiger partial charge on any atom is 0.157 e. The van der Waals surface area contributed by atoms with Crippen molar-refractivity contribution in [3.8, 4) is 0 Å². The molecule has 0 amide bonds. The number of hydrogen-bond donors (Lipinski definition) is 1. The lowest BCUT2D eigenvalue weighted by Gasteiger charge is -1.96. The van der Waals surface area contributed by atoms with Crippen molar-refractivity contribution in [1.82, 2.24) is 0 Å². The van der Waals surface area contributed by atoms with Gasteiger partial charge in [-0.1, -0.05) is 28.1 Å². The van der Waals surface area contributed by atoms with Gasteiger partial charge in [-0.15, -0.1) is 0 Å². The summed E-state index contributed by atoms with van der Waals surface area (Å²) >= 11 is 1.53. The van der Waals surface area contributed by atoms with E-state index in [1.807, 2.05) is 24.3 Å². The van der Waals surface area contributed by atoms with Crippen LogP contribution in [-0.2, 0) is 16.8 Å². The largest absolute Gasteiger partial charge is 0.306 e. The predicted octanol–water partition coefficient (Wildman–Crippen LogP) is 2.17. The number of halogens is 1. The molecule has 1 aromatic carbocycles. The van der Waals surface area contributed by atoms with Crippen molar-refractivity contribution in [2.45, 2.75) is 5.75 Å². The lowest BCUT2D eigenvalue weighted by molar-refractivity contribution is 0.563. The summed E-state index contributed by atoms with van der Waals surface area (Å²) in [4.78, 5) is 0. The van der Waals surface area contributed by atoms with E-state index in [4.69, 9.17) is 4.55 Å². The molecular formula is C7H7BrO2S. The summed E-state index contributed by atoms with van der Waals surface area (Å²) in [5.41, 5.74) is 0.861. The number of benzene rings is 1. The van der Waals surface area contributed by atoms with E-state index in [2.05, 4.69) is 15.9 Å². The van der Waals surface area contributed by atoms with Crippen molar-refractivity contribution in [3.63, 3.8) is 0 Å². The smallest absolute Gasteiger partial charge is 0.157 e.